The lowest BCUT2D eigenvalue weighted by Gasteiger charge is -2.23. The zero-order chi connectivity index (χ0) is 14.4. The van der Waals surface area contributed by atoms with E-state index in [0.29, 0.717) is 6.04 Å². The first-order valence-electron chi connectivity index (χ1n) is 7.68. The minimum Gasteiger partial charge on any atom is -0.350 e. The Labute approximate surface area is 126 Å². The van der Waals surface area contributed by atoms with Crippen LogP contribution in [0.4, 0.5) is 0 Å². The first kappa shape index (κ1) is 15.5. The maximum absolute atomic E-state index is 3.69. The first-order chi connectivity index (χ1) is 9.74. The Morgan fingerprint density at radius 2 is 2.05 bits per heavy atom. The van der Waals surface area contributed by atoms with Crippen LogP contribution in [-0.2, 0) is 0 Å². The Hall–Kier alpha value is -0.930. The normalized spacial score (nSPS) is 14.6. The molecule has 0 saturated carbocycles. The Balaban J connectivity index is 1.97. The fourth-order valence-electron chi connectivity index (χ4n) is 2.34. The fourth-order valence-corrected chi connectivity index (χ4v) is 3.54. The summed E-state index contributed by atoms with van der Waals surface area (Å²) in [6.07, 6.45) is 2.43. The molecule has 2 unspecified atom stereocenters. The summed E-state index contributed by atoms with van der Waals surface area (Å²) < 4.78 is 0. The van der Waals surface area contributed by atoms with Crippen LogP contribution in [0.25, 0.3) is 10.9 Å². The molecule has 0 amide bonds. The molecule has 0 aliphatic heterocycles. The van der Waals surface area contributed by atoms with Crippen LogP contribution >= 0.6 is 11.8 Å². The molecule has 1 aromatic carbocycles. The van der Waals surface area contributed by atoms with E-state index >= 15 is 0 Å². The molecule has 3 heteroatoms. The second-order valence-corrected chi connectivity index (χ2v) is 6.54. The zero-order valence-corrected chi connectivity index (χ0v) is 13.6. The van der Waals surface area contributed by atoms with E-state index in [4.69, 9.17) is 0 Å². The average molecular weight is 290 g/mol. The molecule has 0 aliphatic rings. The highest BCUT2D eigenvalue weighted by Crippen LogP contribution is 2.25. The van der Waals surface area contributed by atoms with E-state index in [-0.39, 0.29) is 0 Å². The summed E-state index contributed by atoms with van der Waals surface area (Å²) in [7, 11) is 0. The lowest BCUT2D eigenvalue weighted by atomic mass is 10.0. The van der Waals surface area contributed by atoms with Gasteiger partial charge in [-0.3, -0.25) is 0 Å². The van der Waals surface area contributed by atoms with Crippen LogP contribution in [-0.4, -0.2) is 23.3 Å². The monoisotopic (exact) mass is 290 g/mol. The number of rotatable bonds is 8. The van der Waals surface area contributed by atoms with Gasteiger partial charge in [-0.25, -0.2) is 0 Å². The molecule has 0 fully saturated rings. The Kier molecular flexibility index (Phi) is 5.99. The van der Waals surface area contributed by atoms with Crippen molar-refractivity contribution in [3.05, 3.63) is 30.3 Å². The van der Waals surface area contributed by atoms with Gasteiger partial charge in [-0.05, 0) is 31.0 Å². The number of aromatic nitrogens is 1. The number of benzene rings is 1. The van der Waals surface area contributed by atoms with Crippen molar-refractivity contribution in [2.75, 3.05) is 12.3 Å². The van der Waals surface area contributed by atoms with Crippen molar-refractivity contribution in [1.29, 1.82) is 0 Å². The average Bonchev–Trinajstić information content (AvgIpc) is 2.89. The van der Waals surface area contributed by atoms with E-state index in [9.17, 15) is 0 Å². The van der Waals surface area contributed by atoms with Gasteiger partial charge < -0.3 is 10.3 Å². The summed E-state index contributed by atoms with van der Waals surface area (Å²) >= 11 is 1.93. The number of H-pyrrole nitrogens is 1. The first-order valence-corrected chi connectivity index (χ1v) is 8.67. The highest BCUT2D eigenvalue weighted by Gasteiger charge is 2.15. The van der Waals surface area contributed by atoms with Crippen LogP contribution in [0.2, 0.25) is 0 Å². The van der Waals surface area contributed by atoms with Gasteiger partial charge >= 0.3 is 0 Å². The van der Waals surface area contributed by atoms with Gasteiger partial charge in [0.25, 0.3) is 0 Å². The van der Waals surface area contributed by atoms with E-state index in [0.717, 1.165) is 18.2 Å². The third kappa shape index (κ3) is 4.03. The van der Waals surface area contributed by atoms with Crippen molar-refractivity contribution in [2.45, 2.75) is 44.7 Å². The maximum atomic E-state index is 3.69. The highest BCUT2D eigenvalue weighted by atomic mass is 32.2. The second-order valence-electron chi connectivity index (χ2n) is 5.48. The maximum Gasteiger partial charge on any atom is 0.0733 e. The number of para-hydroxylation sites is 1. The predicted molar refractivity (Wildman–Crippen MR) is 90.6 cm³/mol. The summed E-state index contributed by atoms with van der Waals surface area (Å²) in [5, 5.41) is 6.27. The molecule has 1 heterocycles. The molecule has 0 spiro atoms. The Bertz CT molecular complexity index is 487. The fraction of sp³-hybridized carbons (Fsp3) is 0.529. The van der Waals surface area contributed by atoms with E-state index in [2.05, 4.69) is 61.4 Å². The summed E-state index contributed by atoms with van der Waals surface area (Å²) in [6.45, 7) is 7.96. The molecule has 20 heavy (non-hydrogen) atoms. The molecule has 2 N–H and O–H groups in total. The summed E-state index contributed by atoms with van der Waals surface area (Å²) in [4.78, 5) is 3.50. The van der Waals surface area contributed by atoms with Crippen LogP contribution in [0.1, 0.15) is 33.6 Å². The number of thioether (sulfide) groups is 1. The SMILES string of the molecule is CCCNC(CSc1cc2ccccc2[nH]1)C(C)CC. The van der Waals surface area contributed by atoms with Gasteiger partial charge in [0.15, 0.2) is 0 Å². The van der Waals surface area contributed by atoms with Gasteiger partial charge in [0, 0.05) is 22.7 Å². The molecular weight excluding hydrogens is 264 g/mol. The lowest BCUT2D eigenvalue weighted by Crippen LogP contribution is -2.37. The molecule has 110 valence electrons. The van der Waals surface area contributed by atoms with Crippen molar-refractivity contribution in [3.63, 3.8) is 0 Å². The minimum absolute atomic E-state index is 0.594. The van der Waals surface area contributed by atoms with Crippen LogP contribution in [0.3, 0.4) is 0 Å². The van der Waals surface area contributed by atoms with Gasteiger partial charge in [-0.15, -0.1) is 11.8 Å². The van der Waals surface area contributed by atoms with Gasteiger partial charge in [0.05, 0.1) is 5.03 Å². The topological polar surface area (TPSA) is 27.8 Å². The van der Waals surface area contributed by atoms with Crippen molar-refractivity contribution < 1.29 is 0 Å². The Morgan fingerprint density at radius 3 is 2.75 bits per heavy atom. The summed E-state index contributed by atoms with van der Waals surface area (Å²) in [5.41, 5.74) is 1.23. The molecule has 2 nitrogen and oxygen atoms in total. The quantitative estimate of drug-likeness (QED) is 0.691. The molecule has 2 rings (SSSR count). The highest BCUT2D eigenvalue weighted by molar-refractivity contribution is 7.99. The molecule has 0 saturated heterocycles. The van der Waals surface area contributed by atoms with E-state index < -0.39 is 0 Å². The van der Waals surface area contributed by atoms with Gasteiger partial charge in [0.2, 0.25) is 0 Å². The molecule has 2 atom stereocenters. The number of aromatic amines is 1. The van der Waals surface area contributed by atoms with E-state index in [1.165, 1.54) is 28.8 Å². The smallest absolute Gasteiger partial charge is 0.0733 e. The van der Waals surface area contributed by atoms with Crippen LogP contribution in [0.15, 0.2) is 35.4 Å². The molecule has 0 bridgehead atoms. The van der Waals surface area contributed by atoms with Gasteiger partial charge in [-0.2, -0.15) is 0 Å². The molecular formula is C17H26N2S. The van der Waals surface area contributed by atoms with Crippen LogP contribution < -0.4 is 5.32 Å². The number of hydrogen-bond donors (Lipinski definition) is 2. The molecule has 0 aliphatic carbocycles. The van der Waals surface area contributed by atoms with Crippen molar-refractivity contribution in [3.8, 4) is 0 Å². The molecule has 2 aromatic rings. The van der Waals surface area contributed by atoms with E-state index in [1.54, 1.807) is 0 Å². The predicted octanol–water partition coefficient (Wildman–Crippen LogP) is 4.67. The lowest BCUT2D eigenvalue weighted by molar-refractivity contribution is 0.397. The molecule has 0 radical (unpaired) electrons. The third-order valence-electron chi connectivity index (χ3n) is 3.91. The second kappa shape index (κ2) is 7.75. The van der Waals surface area contributed by atoms with Crippen LogP contribution in [0.5, 0.6) is 0 Å². The summed E-state index contributed by atoms with van der Waals surface area (Å²) in [6, 6.07) is 11.3. The minimum atomic E-state index is 0.594. The number of hydrogen-bond acceptors (Lipinski definition) is 2. The number of nitrogens with one attached hydrogen (secondary N) is 2. The largest absolute Gasteiger partial charge is 0.350 e. The zero-order valence-electron chi connectivity index (χ0n) is 12.8. The van der Waals surface area contributed by atoms with Gasteiger partial charge in [0.1, 0.15) is 0 Å². The van der Waals surface area contributed by atoms with Gasteiger partial charge in [-0.1, -0.05) is 45.4 Å². The van der Waals surface area contributed by atoms with Crippen molar-refractivity contribution in [1.82, 2.24) is 10.3 Å². The van der Waals surface area contributed by atoms with Crippen LogP contribution in [0, 0.1) is 5.92 Å². The van der Waals surface area contributed by atoms with E-state index in [1.807, 2.05) is 11.8 Å². The summed E-state index contributed by atoms with van der Waals surface area (Å²) in [5.74, 6) is 1.85. The Morgan fingerprint density at radius 1 is 1.25 bits per heavy atom. The standard InChI is InChI=1S/C17H26N2S/c1-4-10-18-16(13(3)5-2)12-20-17-11-14-8-6-7-9-15(14)19-17/h6-9,11,13,16,18-19H,4-5,10,12H2,1-3H3. The van der Waals surface area contributed by atoms with Crippen molar-refractivity contribution >= 4 is 22.7 Å². The van der Waals surface area contributed by atoms with Crippen molar-refractivity contribution in [2.24, 2.45) is 5.92 Å². The third-order valence-corrected chi connectivity index (χ3v) is 4.97. The molecule has 1 aromatic heterocycles. The number of fused-ring (bicyclic) bond motifs is 1.